The molecule has 0 heterocycles. The Kier molecular flexibility index (Phi) is 6.61. The van der Waals surface area contributed by atoms with Gasteiger partial charge in [0.1, 0.15) is 6.61 Å². The Labute approximate surface area is 147 Å². The van der Waals surface area contributed by atoms with E-state index in [-0.39, 0.29) is 11.5 Å². The first-order chi connectivity index (χ1) is 11.9. The van der Waals surface area contributed by atoms with Gasteiger partial charge in [-0.1, -0.05) is 42.2 Å². The van der Waals surface area contributed by atoms with E-state index in [1.807, 2.05) is 30.3 Å². The molecule has 6 heteroatoms. The highest BCUT2D eigenvalue weighted by Crippen LogP contribution is 2.09. The molecular weight excluding hydrogens is 338 g/mol. The number of hydrogen-bond donors (Lipinski definition) is 1. The minimum Gasteiger partial charge on any atom is -0.445 e. The Hall–Kier alpha value is -2.78. The highest BCUT2D eigenvalue weighted by molar-refractivity contribution is 7.90. The van der Waals surface area contributed by atoms with Gasteiger partial charge in [-0.05, 0) is 29.8 Å². The average Bonchev–Trinajstić information content (AvgIpc) is 2.60. The van der Waals surface area contributed by atoms with Gasteiger partial charge >= 0.3 is 6.09 Å². The lowest BCUT2D eigenvalue weighted by atomic mass is 10.2. The minimum absolute atomic E-state index is 0.227. The first kappa shape index (κ1) is 18.6. The molecule has 0 aliphatic heterocycles. The normalized spacial score (nSPS) is 10.4. The Morgan fingerprint density at radius 3 is 2.40 bits per heavy atom. The summed E-state index contributed by atoms with van der Waals surface area (Å²) in [6.07, 6.45) is 1.15. The molecule has 2 aromatic carbocycles. The molecule has 0 fully saturated rings. The molecule has 0 radical (unpaired) electrons. The van der Waals surface area contributed by atoms with E-state index in [4.69, 9.17) is 4.74 Å². The van der Waals surface area contributed by atoms with E-state index in [1.54, 1.807) is 12.1 Å². The zero-order chi connectivity index (χ0) is 18.1. The molecule has 0 aromatic heterocycles. The quantitative estimate of drug-likeness (QED) is 0.660. The zero-order valence-electron chi connectivity index (χ0n) is 13.9. The van der Waals surface area contributed by atoms with Gasteiger partial charge in [-0.2, -0.15) is 0 Å². The van der Waals surface area contributed by atoms with Gasteiger partial charge < -0.3 is 10.1 Å². The van der Waals surface area contributed by atoms with E-state index in [2.05, 4.69) is 17.2 Å². The summed E-state index contributed by atoms with van der Waals surface area (Å²) >= 11 is 0. The number of carbonyl (C=O) groups excluding carboxylic acids is 1. The summed E-state index contributed by atoms with van der Waals surface area (Å²) < 4.78 is 27.8. The summed E-state index contributed by atoms with van der Waals surface area (Å²) in [6.45, 7) is 0.604. The van der Waals surface area contributed by atoms with Gasteiger partial charge in [0.05, 0.1) is 4.90 Å². The van der Waals surface area contributed by atoms with Gasteiger partial charge in [0, 0.05) is 24.8 Å². The summed E-state index contributed by atoms with van der Waals surface area (Å²) in [6, 6.07) is 15.8. The maximum atomic E-state index is 11.5. The van der Waals surface area contributed by atoms with Crippen molar-refractivity contribution >= 4 is 15.9 Å². The lowest BCUT2D eigenvalue weighted by Gasteiger charge is -2.05. The van der Waals surface area contributed by atoms with E-state index in [9.17, 15) is 13.2 Å². The van der Waals surface area contributed by atoms with Crippen LogP contribution in [0.4, 0.5) is 4.79 Å². The van der Waals surface area contributed by atoms with E-state index in [1.165, 1.54) is 12.1 Å². The van der Waals surface area contributed by atoms with Crippen molar-refractivity contribution in [2.75, 3.05) is 12.8 Å². The molecule has 25 heavy (non-hydrogen) atoms. The van der Waals surface area contributed by atoms with Crippen LogP contribution in [0.1, 0.15) is 17.5 Å². The largest absolute Gasteiger partial charge is 0.445 e. The first-order valence-electron chi connectivity index (χ1n) is 7.69. The zero-order valence-corrected chi connectivity index (χ0v) is 14.7. The second-order valence-corrected chi connectivity index (χ2v) is 7.35. The second-order valence-electron chi connectivity index (χ2n) is 5.34. The molecule has 0 saturated carbocycles. The number of ether oxygens (including phenoxy) is 1. The molecule has 5 nitrogen and oxygen atoms in total. The molecular formula is C19H19NO4S. The lowest BCUT2D eigenvalue weighted by molar-refractivity contribution is 0.140. The molecule has 0 aliphatic carbocycles. The smallest absolute Gasteiger partial charge is 0.407 e. The molecule has 2 rings (SSSR count). The Morgan fingerprint density at radius 1 is 1.08 bits per heavy atom. The van der Waals surface area contributed by atoms with Crippen LogP contribution in [0, 0.1) is 11.8 Å². The number of hydrogen-bond acceptors (Lipinski definition) is 4. The van der Waals surface area contributed by atoms with E-state index < -0.39 is 15.9 Å². The molecule has 0 unspecified atom stereocenters. The highest BCUT2D eigenvalue weighted by Gasteiger charge is 2.05. The van der Waals surface area contributed by atoms with Gasteiger partial charge in [0.2, 0.25) is 0 Å². The summed E-state index contributed by atoms with van der Waals surface area (Å²) in [5, 5.41) is 2.63. The summed E-state index contributed by atoms with van der Waals surface area (Å²) in [4.78, 5) is 11.8. The molecule has 0 aliphatic rings. The van der Waals surface area contributed by atoms with Crippen molar-refractivity contribution in [3.63, 3.8) is 0 Å². The number of amides is 1. The van der Waals surface area contributed by atoms with Crippen LogP contribution in [0.15, 0.2) is 59.5 Å². The lowest BCUT2D eigenvalue weighted by Crippen LogP contribution is -2.24. The maximum Gasteiger partial charge on any atom is 0.407 e. The van der Waals surface area contributed by atoms with Crippen LogP contribution in [-0.2, 0) is 21.2 Å². The van der Waals surface area contributed by atoms with Crippen LogP contribution in [0.5, 0.6) is 0 Å². The van der Waals surface area contributed by atoms with Crippen LogP contribution < -0.4 is 5.32 Å². The molecule has 0 bridgehead atoms. The van der Waals surface area contributed by atoms with Gasteiger partial charge in [-0.15, -0.1) is 0 Å². The van der Waals surface area contributed by atoms with Crippen molar-refractivity contribution in [1.82, 2.24) is 5.32 Å². The molecule has 1 amide bonds. The second kappa shape index (κ2) is 8.90. The molecule has 1 N–H and O–H groups in total. The van der Waals surface area contributed by atoms with Gasteiger partial charge in [-0.25, -0.2) is 13.2 Å². The third kappa shape index (κ3) is 6.69. The van der Waals surface area contributed by atoms with Crippen LogP contribution in [-0.4, -0.2) is 27.3 Å². The maximum absolute atomic E-state index is 11.5. The van der Waals surface area contributed by atoms with Gasteiger partial charge in [-0.3, -0.25) is 0 Å². The van der Waals surface area contributed by atoms with E-state index in [0.717, 1.165) is 17.4 Å². The van der Waals surface area contributed by atoms with Gasteiger partial charge in [0.15, 0.2) is 9.84 Å². The number of nitrogens with one attached hydrogen (secondary N) is 1. The standard InChI is InChI=1S/C19H19NO4S/c1-25(22,23)18-12-10-16(11-13-18)7-5-6-14-20-19(21)24-15-17-8-3-2-4-9-17/h2-4,8-13H,6,14-15H2,1H3,(H,20,21). The summed E-state index contributed by atoms with van der Waals surface area (Å²) in [5.41, 5.74) is 1.65. The number of carbonyl (C=O) groups is 1. The van der Waals surface area contributed by atoms with E-state index >= 15 is 0 Å². The Balaban J connectivity index is 1.71. The fourth-order valence-electron chi connectivity index (χ4n) is 1.95. The molecule has 2 aromatic rings. The van der Waals surface area contributed by atoms with Crippen molar-refractivity contribution in [3.05, 3.63) is 65.7 Å². The number of alkyl carbamates (subject to hydrolysis) is 1. The van der Waals surface area contributed by atoms with Crippen molar-refractivity contribution in [1.29, 1.82) is 0 Å². The Morgan fingerprint density at radius 2 is 1.76 bits per heavy atom. The third-order valence-electron chi connectivity index (χ3n) is 3.25. The monoisotopic (exact) mass is 357 g/mol. The minimum atomic E-state index is -3.19. The first-order valence-corrected chi connectivity index (χ1v) is 9.58. The molecule has 0 spiro atoms. The molecule has 0 saturated heterocycles. The van der Waals surface area contributed by atoms with Crippen molar-refractivity contribution in [2.45, 2.75) is 17.9 Å². The predicted octanol–water partition coefficient (Wildman–Crippen LogP) is 2.76. The molecule has 0 atom stereocenters. The number of benzene rings is 2. The molecule has 130 valence electrons. The summed E-state index contributed by atoms with van der Waals surface area (Å²) in [7, 11) is -3.19. The average molecular weight is 357 g/mol. The fraction of sp³-hybridized carbons (Fsp3) is 0.211. The number of rotatable bonds is 5. The Bertz CT molecular complexity index is 863. The van der Waals surface area contributed by atoms with Crippen molar-refractivity contribution in [3.8, 4) is 11.8 Å². The highest BCUT2D eigenvalue weighted by atomic mass is 32.2. The predicted molar refractivity (Wildman–Crippen MR) is 95.7 cm³/mol. The van der Waals surface area contributed by atoms with Crippen LogP contribution in [0.3, 0.4) is 0 Å². The van der Waals surface area contributed by atoms with Crippen molar-refractivity contribution < 1.29 is 17.9 Å². The van der Waals surface area contributed by atoms with Gasteiger partial charge in [0.25, 0.3) is 0 Å². The SMILES string of the molecule is CS(=O)(=O)c1ccc(C#CCCNC(=O)OCc2ccccc2)cc1. The van der Waals surface area contributed by atoms with E-state index in [0.29, 0.717) is 13.0 Å². The fourth-order valence-corrected chi connectivity index (χ4v) is 2.58. The van der Waals surface area contributed by atoms with Crippen LogP contribution in [0.25, 0.3) is 0 Å². The van der Waals surface area contributed by atoms with Crippen molar-refractivity contribution in [2.24, 2.45) is 0 Å². The summed E-state index contributed by atoms with van der Waals surface area (Å²) in [5.74, 6) is 5.84. The number of sulfone groups is 1. The topological polar surface area (TPSA) is 72.5 Å². The third-order valence-corrected chi connectivity index (χ3v) is 4.38. The van der Waals surface area contributed by atoms with Crippen LogP contribution >= 0.6 is 0 Å². The van der Waals surface area contributed by atoms with Crippen LogP contribution in [0.2, 0.25) is 0 Å².